The molecule has 1 heterocycles. The van der Waals surface area contributed by atoms with Crippen LogP contribution in [0.2, 0.25) is 0 Å². The molecular weight excluding hydrogens is 248 g/mol. The third kappa shape index (κ3) is 2.56. The molecule has 0 bridgehead atoms. The summed E-state index contributed by atoms with van der Waals surface area (Å²) < 4.78 is 22.7. The molecule has 96 valence electrons. The van der Waals surface area contributed by atoms with Crippen LogP contribution < -0.4 is 5.32 Å². The Bertz CT molecular complexity index is 474. The van der Waals surface area contributed by atoms with Crippen molar-refractivity contribution >= 4 is 15.7 Å². The highest BCUT2D eigenvalue weighted by molar-refractivity contribution is 7.91. The van der Waals surface area contributed by atoms with Crippen molar-refractivity contribution in [2.75, 3.05) is 11.5 Å². The molecule has 17 heavy (non-hydrogen) atoms. The van der Waals surface area contributed by atoms with Crippen LogP contribution in [0.4, 0.5) is 0 Å². The molecule has 0 aromatic carbocycles. The molecule has 0 spiro atoms. The van der Waals surface area contributed by atoms with Gasteiger partial charge in [-0.25, -0.2) is 8.42 Å². The Labute approximate surface area is 98.6 Å². The summed E-state index contributed by atoms with van der Waals surface area (Å²) in [6.45, 7) is 1.67. The molecular formula is C9H14N2O5S. The van der Waals surface area contributed by atoms with E-state index in [1.807, 2.05) is 0 Å². The minimum absolute atomic E-state index is 0.0626. The van der Waals surface area contributed by atoms with Gasteiger partial charge in [-0.2, -0.15) is 0 Å². The molecule has 2 rings (SSSR count). The average molecular weight is 262 g/mol. The number of sulfone groups is 1. The third-order valence-electron chi connectivity index (χ3n) is 3.29. The van der Waals surface area contributed by atoms with Gasteiger partial charge in [-0.1, -0.05) is 0 Å². The molecule has 1 saturated carbocycles. The van der Waals surface area contributed by atoms with Crippen LogP contribution in [0, 0.1) is 16.0 Å². The van der Waals surface area contributed by atoms with E-state index in [4.69, 9.17) is 0 Å². The average Bonchev–Trinajstić information content (AvgIpc) is 2.89. The summed E-state index contributed by atoms with van der Waals surface area (Å²) in [5.41, 5.74) is -0.764. The number of amides is 1. The Hall–Kier alpha value is -1.18. The maximum absolute atomic E-state index is 11.7. The number of hydrogen-bond donors (Lipinski definition) is 1. The maximum Gasteiger partial charge on any atom is 0.230 e. The molecule has 0 aromatic rings. The van der Waals surface area contributed by atoms with Gasteiger partial charge in [0.1, 0.15) is 5.92 Å². The van der Waals surface area contributed by atoms with Crippen LogP contribution in [-0.2, 0) is 14.6 Å². The van der Waals surface area contributed by atoms with Gasteiger partial charge in [-0.05, 0) is 13.3 Å². The Morgan fingerprint density at radius 3 is 2.59 bits per heavy atom. The SMILES string of the molecule is C[C@]1(NC(=O)[C@H]2C[C@@H]2[N+](=O)[O-])CCS(=O)(=O)C1. The molecule has 1 N–H and O–H groups in total. The van der Waals surface area contributed by atoms with Crippen LogP contribution >= 0.6 is 0 Å². The van der Waals surface area contributed by atoms with Crippen molar-refractivity contribution in [2.45, 2.75) is 31.3 Å². The van der Waals surface area contributed by atoms with Crippen molar-refractivity contribution < 1.29 is 18.1 Å². The molecule has 2 aliphatic rings. The highest BCUT2D eigenvalue weighted by atomic mass is 32.2. The van der Waals surface area contributed by atoms with Crippen LogP contribution in [0.5, 0.6) is 0 Å². The van der Waals surface area contributed by atoms with E-state index in [1.165, 1.54) is 0 Å². The summed E-state index contributed by atoms with van der Waals surface area (Å²) in [5, 5.41) is 13.1. The van der Waals surface area contributed by atoms with Crippen LogP contribution in [0.1, 0.15) is 19.8 Å². The highest BCUT2D eigenvalue weighted by Crippen LogP contribution is 2.34. The van der Waals surface area contributed by atoms with E-state index in [1.54, 1.807) is 6.92 Å². The van der Waals surface area contributed by atoms with Crippen molar-refractivity contribution in [1.29, 1.82) is 0 Å². The molecule has 1 saturated heterocycles. The van der Waals surface area contributed by atoms with E-state index in [-0.39, 0.29) is 17.9 Å². The normalized spacial score (nSPS) is 38.6. The molecule has 1 amide bonds. The van der Waals surface area contributed by atoms with E-state index in [0.29, 0.717) is 6.42 Å². The molecule has 7 nitrogen and oxygen atoms in total. The summed E-state index contributed by atoms with van der Waals surface area (Å²) in [7, 11) is -3.08. The largest absolute Gasteiger partial charge is 0.349 e. The third-order valence-corrected chi connectivity index (χ3v) is 5.20. The van der Waals surface area contributed by atoms with Crippen molar-refractivity contribution in [1.82, 2.24) is 5.32 Å². The lowest BCUT2D eigenvalue weighted by Gasteiger charge is -2.23. The van der Waals surface area contributed by atoms with Crippen molar-refractivity contribution in [2.24, 2.45) is 5.92 Å². The summed E-state index contributed by atoms with van der Waals surface area (Å²) in [6, 6.07) is -0.795. The van der Waals surface area contributed by atoms with Gasteiger partial charge < -0.3 is 5.32 Å². The predicted molar refractivity (Wildman–Crippen MR) is 58.7 cm³/mol. The number of nitrogens with one attached hydrogen (secondary N) is 1. The van der Waals surface area contributed by atoms with Crippen molar-refractivity contribution in [3.63, 3.8) is 0 Å². The molecule has 3 atom stereocenters. The number of rotatable bonds is 3. The quantitative estimate of drug-likeness (QED) is 0.537. The maximum atomic E-state index is 11.7. The van der Waals surface area contributed by atoms with Gasteiger partial charge in [0.25, 0.3) is 0 Å². The second kappa shape index (κ2) is 3.66. The fourth-order valence-corrected chi connectivity index (χ4v) is 4.29. The predicted octanol–water partition coefficient (Wildman–Crippen LogP) is -0.655. The molecule has 0 aromatic heterocycles. The molecule has 0 radical (unpaired) electrons. The number of hydrogen-bond acceptors (Lipinski definition) is 5. The zero-order valence-electron chi connectivity index (χ0n) is 9.38. The first-order valence-corrected chi connectivity index (χ1v) is 7.21. The van der Waals surface area contributed by atoms with Gasteiger partial charge in [0, 0.05) is 11.3 Å². The van der Waals surface area contributed by atoms with Crippen LogP contribution in [0.15, 0.2) is 0 Å². The van der Waals surface area contributed by atoms with Gasteiger partial charge in [-0.15, -0.1) is 0 Å². The van der Waals surface area contributed by atoms with E-state index < -0.39 is 38.2 Å². The van der Waals surface area contributed by atoms with Gasteiger partial charge in [0.05, 0.1) is 17.0 Å². The highest BCUT2D eigenvalue weighted by Gasteiger charge is 2.54. The van der Waals surface area contributed by atoms with E-state index in [9.17, 15) is 23.3 Å². The summed E-state index contributed by atoms with van der Waals surface area (Å²) >= 11 is 0. The Kier molecular flexibility index (Phi) is 2.64. The van der Waals surface area contributed by atoms with Crippen LogP contribution in [-0.4, -0.2) is 42.3 Å². The minimum atomic E-state index is -3.08. The Balaban J connectivity index is 1.95. The molecule has 2 fully saturated rings. The van der Waals surface area contributed by atoms with Gasteiger partial charge in [0.2, 0.25) is 11.9 Å². The van der Waals surface area contributed by atoms with Gasteiger partial charge in [0.15, 0.2) is 9.84 Å². The fourth-order valence-electron chi connectivity index (χ4n) is 2.20. The smallest absolute Gasteiger partial charge is 0.230 e. The summed E-state index contributed by atoms with van der Waals surface area (Å²) in [6.07, 6.45) is 0.624. The lowest BCUT2D eigenvalue weighted by Crippen LogP contribution is -2.48. The van der Waals surface area contributed by atoms with Crippen LogP contribution in [0.3, 0.4) is 0 Å². The second-order valence-electron chi connectivity index (χ2n) is 5.09. The first kappa shape index (κ1) is 12.3. The topological polar surface area (TPSA) is 106 Å². The van der Waals surface area contributed by atoms with Gasteiger partial charge in [-0.3, -0.25) is 14.9 Å². The Morgan fingerprint density at radius 2 is 2.18 bits per heavy atom. The molecule has 0 unspecified atom stereocenters. The monoisotopic (exact) mass is 262 g/mol. The van der Waals surface area contributed by atoms with Crippen molar-refractivity contribution in [3.05, 3.63) is 10.1 Å². The molecule has 8 heteroatoms. The fraction of sp³-hybridized carbons (Fsp3) is 0.889. The first-order chi connectivity index (χ1) is 7.72. The first-order valence-electron chi connectivity index (χ1n) is 5.38. The van der Waals surface area contributed by atoms with Gasteiger partial charge >= 0.3 is 0 Å². The summed E-state index contributed by atoms with van der Waals surface area (Å²) in [5.74, 6) is -1.01. The minimum Gasteiger partial charge on any atom is -0.349 e. The number of carbonyl (C=O) groups excluding carboxylic acids is 1. The zero-order valence-corrected chi connectivity index (χ0v) is 10.2. The van der Waals surface area contributed by atoms with E-state index in [2.05, 4.69) is 5.32 Å². The zero-order chi connectivity index (χ0) is 12.8. The summed E-state index contributed by atoms with van der Waals surface area (Å²) in [4.78, 5) is 21.6. The number of nitro groups is 1. The number of carbonyl (C=O) groups is 1. The second-order valence-corrected chi connectivity index (χ2v) is 7.27. The lowest BCUT2D eigenvalue weighted by atomic mass is 10.0. The molecule has 1 aliphatic heterocycles. The van der Waals surface area contributed by atoms with Crippen molar-refractivity contribution in [3.8, 4) is 0 Å². The lowest BCUT2D eigenvalue weighted by molar-refractivity contribution is -0.497. The Morgan fingerprint density at radius 1 is 1.53 bits per heavy atom. The van der Waals surface area contributed by atoms with E-state index >= 15 is 0 Å². The van der Waals surface area contributed by atoms with Crippen LogP contribution in [0.25, 0.3) is 0 Å². The standard InChI is InChI=1S/C9H14N2O5S/c1-9(2-3-17(15,16)5-9)10-8(12)6-4-7(6)11(13)14/h6-7H,2-5H2,1H3,(H,10,12)/t6-,7-,9-/m0/s1. The molecule has 1 aliphatic carbocycles. The number of nitrogens with zero attached hydrogens (tertiary/aromatic N) is 1. The van der Waals surface area contributed by atoms with E-state index in [0.717, 1.165) is 0 Å².